The number of hydrogen-bond acceptors (Lipinski definition) is 0. The number of aromatic nitrogens is 2. The molecule has 156 valence electrons. The molecule has 0 amide bonds. The maximum Gasteiger partial charge on any atom is 0.241 e. The second-order valence-electron chi connectivity index (χ2n) is 8.48. The Labute approximate surface area is 173 Å². The van der Waals surface area contributed by atoms with Crippen LogP contribution in [0.4, 0.5) is 0 Å². The van der Waals surface area contributed by atoms with E-state index in [1.165, 1.54) is 89.0 Å². The van der Waals surface area contributed by atoms with Crippen molar-refractivity contribution in [2.24, 2.45) is 5.92 Å². The van der Waals surface area contributed by atoms with E-state index in [4.69, 9.17) is 0 Å². The first-order valence-electron chi connectivity index (χ1n) is 11.9. The Morgan fingerprint density at radius 1 is 0.786 bits per heavy atom. The summed E-state index contributed by atoms with van der Waals surface area (Å²) in [4.78, 5) is 3.27. The topological polar surface area (TPSA) is 19.7 Å². The number of aromatic amines is 1. The SMILES string of the molecule is CCCCCCCCCCC(Cc1ccccc1)C(CCCC)[n+]1cc[nH]c1. The van der Waals surface area contributed by atoms with Gasteiger partial charge in [-0.05, 0) is 31.2 Å². The number of H-pyrrole nitrogens is 1. The molecular weight excluding hydrogens is 340 g/mol. The quantitative estimate of drug-likeness (QED) is 0.230. The van der Waals surface area contributed by atoms with E-state index in [1.807, 2.05) is 0 Å². The Kier molecular flexibility index (Phi) is 11.7. The molecule has 0 radical (unpaired) electrons. The van der Waals surface area contributed by atoms with E-state index in [0.717, 1.165) is 5.92 Å². The molecule has 1 aromatic carbocycles. The molecule has 1 heterocycles. The Morgan fingerprint density at radius 2 is 1.46 bits per heavy atom. The zero-order valence-corrected chi connectivity index (χ0v) is 18.4. The third kappa shape index (κ3) is 8.63. The molecule has 0 spiro atoms. The smallest absolute Gasteiger partial charge is 0.241 e. The van der Waals surface area contributed by atoms with Crippen LogP contribution < -0.4 is 4.57 Å². The highest BCUT2D eigenvalue weighted by atomic mass is 15.1. The lowest BCUT2D eigenvalue weighted by atomic mass is 9.84. The van der Waals surface area contributed by atoms with E-state index in [0.29, 0.717) is 6.04 Å². The molecule has 0 saturated heterocycles. The second-order valence-corrected chi connectivity index (χ2v) is 8.48. The molecule has 0 bridgehead atoms. The third-order valence-electron chi connectivity index (χ3n) is 6.12. The van der Waals surface area contributed by atoms with Crippen LogP contribution in [0.3, 0.4) is 0 Å². The fraction of sp³-hybridized carbons (Fsp3) is 0.654. The fourth-order valence-electron chi connectivity index (χ4n) is 4.44. The molecule has 0 aliphatic rings. The molecular formula is C26H43N2+. The van der Waals surface area contributed by atoms with Crippen LogP contribution in [-0.2, 0) is 6.42 Å². The van der Waals surface area contributed by atoms with E-state index in [-0.39, 0.29) is 0 Å². The number of benzene rings is 1. The molecule has 1 aromatic heterocycles. The highest BCUT2D eigenvalue weighted by molar-refractivity contribution is 5.15. The lowest BCUT2D eigenvalue weighted by Gasteiger charge is -2.25. The Bertz CT molecular complexity index is 576. The number of nitrogens with one attached hydrogen (secondary N) is 1. The minimum Gasteiger partial charge on any atom is -0.250 e. The van der Waals surface area contributed by atoms with Crippen LogP contribution in [0.5, 0.6) is 0 Å². The van der Waals surface area contributed by atoms with Gasteiger partial charge in [-0.3, -0.25) is 4.98 Å². The van der Waals surface area contributed by atoms with Crippen molar-refractivity contribution in [1.82, 2.24) is 4.98 Å². The molecule has 2 aromatic rings. The number of imidazole rings is 1. The van der Waals surface area contributed by atoms with Crippen molar-refractivity contribution in [3.05, 3.63) is 54.6 Å². The molecule has 2 nitrogen and oxygen atoms in total. The van der Waals surface area contributed by atoms with Crippen molar-refractivity contribution in [2.45, 2.75) is 103 Å². The van der Waals surface area contributed by atoms with E-state index >= 15 is 0 Å². The summed E-state index contributed by atoms with van der Waals surface area (Å²) in [5, 5.41) is 0. The van der Waals surface area contributed by atoms with E-state index in [9.17, 15) is 0 Å². The van der Waals surface area contributed by atoms with Gasteiger partial charge >= 0.3 is 0 Å². The minimum absolute atomic E-state index is 0.607. The van der Waals surface area contributed by atoms with Crippen LogP contribution in [0, 0.1) is 5.92 Å². The minimum atomic E-state index is 0.607. The number of rotatable bonds is 16. The lowest BCUT2D eigenvalue weighted by molar-refractivity contribution is -0.730. The van der Waals surface area contributed by atoms with Crippen molar-refractivity contribution in [3.8, 4) is 0 Å². The zero-order chi connectivity index (χ0) is 19.9. The van der Waals surface area contributed by atoms with Gasteiger partial charge < -0.3 is 0 Å². The standard InChI is InChI=1S/C26H42N2/c1-3-5-7-8-9-10-11-15-18-25(22-24-16-13-12-14-17-24)26(19-6-4-2)28-21-20-27-23-28/h12-14,16-17,20-21,23,25-26H,3-11,15,18-19,22H2,1-2H3/p+1. The van der Waals surface area contributed by atoms with Crippen LogP contribution in [-0.4, -0.2) is 4.98 Å². The van der Waals surface area contributed by atoms with Gasteiger partial charge in [-0.2, -0.15) is 0 Å². The van der Waals surface area contributed by atoms with Gasteiger partial charge in [0.2, 0.25) is 6.33 Å². The summed E-state index contributed by atoms with van der Waals surface area (Å²) in [7, 11) is 0. The lowest BCUT2D eigenvalue weighted by Crippen LogP contribution is -2.42. The van der Waals surface area contributed by atoms with Crippen molar-refractivity contribution in [2.75, 3.05) is 0 Å². The Hall–Kier alpha value is -1.57. The van der Waals surface area contributed by atoms with Gasteiger partial charge in [0.25, 0.3) is 0 Å². The van der Waals surface area contributed by atoms with Crippen molar-refractivity contribution in [3.63, 3.8) is 0 Å². The van der Waals surface area contributed by atoms with E-state index in [1.54, 1.807) is 0 Å². The van der Waals surface area contributed by atoms with Crippen LogP contribution >= 0.6 is 0 Å². The van der Waals surface area contributed by atoms with Gasteiger partial charge in [-0.15, -0.1) is 0 Å². The number of nitrogens with zero attached hydrogens (tertiary/aromatic N) is 1. The Morgan fingerprint density at radius 3 is 2.11 bits per heavy atom. The summed E-state index contributed by atoms with van der Waals surface area (Å²) in [6, 6.07) is 11.7. The maximum atomic E-state index is 3.27. The van der Waals surface area contributed by atoms with Crippen molar-refractivity contribution in [1.29, 1.82) is 0 Å². The van der Waals surface area contributed by atoms with Gasteiger partial charge in [-0.1, -0.05) is 102 Å². The first-order valence-corrected chi connectivity index (χ1v) is 11.9. The van der Waals surface area contributed by atoms with Gasteiger partial charge in [0.05, 0.1) is 0 Å². The number of hydrogen-bond donors (Lipinski definition) is 1. The normalized spacial score (nSPS) is 13.5. The van der Waals surface area contributed by atoms with Gasteiger partial charge in [0.15, 0.2) is 0 Å². The largest absolute Gasteiger partial charge is 0.250 e. The molecule has 0 fully saturated rings. The summed E-state index contributed by atoms with van der Waals surface area (Å²) < 4.78 is 2.44. The molecule has 0 aliphatic heterocycles. The van der Waals surface area contributed by atoms with Crippen LogP contribution in [0.25, 0.3) is 0 Å². The zero-order valence-electron chi connectivity index (χ0n) is 18.4. The van der Waals surface area contributed by atoms with Crippen molar-refractivity contribution >= 4 is 0 Å². The second kappa shape index (κ2) is 14.4. The van der Waals surface area contributed by atoms with Crippen molar-refractivity contribution < 1.29 is 4.57 Å². The van der Waals surface area contributed by atoms with E-state index in [2.05, 4.69) is 72.5 Å². The Balaban J connectivity index is 1.91. The molecule has 2 rings (SSSR count). The maximum absolute atomic E-state index is 3.27. The molecule has 28 heavy (non-hydrogen) atoms. The highest BCUT2D eigenvalue weighted by Crippen LogP contribution is 2.28. The summed E-state index contributed by atoms with van der Waals surface area (Å²) in [6.07, 6.45) is 24.1. The van der Waals surface area contributed by atoms with Gasteiger partial charge in [0.1, 0.15) is 18.4 Å². The van der Waals surface area contributed by atoms with Crippen LogP contribution in [0.15, 0.2) is 49.1 Å². The first-order chi connectivity index (χ1) is 13.8. The molecule has 0 saturated carbocycles. The summed E-state index contributed by atoms with van der Waals surface area (Å²) >= 11 is 0. The monoisotopic (exact) mass is 383 g/mol. The van der Waals surface area contributed by atoms with Gasteiger partial charge in [-0.25, -0.2) is 4.57 Å². The van der Waals surface area contributed by atoms with Crippen LogP contribution in [0.1, 0.15) is 103 Å². The average Bonchev–Trinajstić information content (AvgIpc) is 3.25. The predicted molar refractivity (Wildman–Crippen MR) is 120 cm³/mol. The molecule has 1 N–H and O–H groups in total. The summed E-state index contributed by atoms with van der Waals surface area (Å²) in [5.41, 5.74) is 1.49. The molecule has 2 unspecified atom stereocenters. The van der Waals surface area contributed by atoms with Gasteiger partial charge in [0, 0.05) is 5.92 Å². The summed E-state index contributed by atoms with van der Waals surface area (Å²) in [5.74, 6) is 0.717. The predicted octanol–water partition coefficient (Wildman–Crippen LogP) is 7.42. The number of unbranched alkanes of at least 4 members (excludes halogenated alkanes) is 8. The average molecular weight is 384 g/mol. The fourth-order valence-corrected chi connectivity index (χ4v) is 4.44. The molecule has 2 atom stereocenters. The molecule has 0 aliphatic carbocycles. The first kappa shape index (κ1) is 22.7. The third-order valence-corrected chi connectivity index (χ3v) is 6.12. The summed E-state index contributed by atoms with van der Waals surface area (Å²) in [6.45, 7) is 4.61. The van der Waals surface area contributed by atoms with E-state index < -0.39 is 0 Å². The molecule has 2 heteroatoms. The highest BCUT2D eigenvalue weighted by Gasteiger charge is 2.26. The van der Waals surface area contributed by atoms with Crippen LogP contribution in [0.2, 0.25) is 0 Å².